The minimum absolute atomic E-state index is 0.147. The highest BCUT2D eigenvalue weighted by Gasteiger charge is 2.28. The fraction of sp³-hybridized carbons (Fsp3) is 0.476. The number of hydrogen-bond acceptors (Lipinski definition) is 3. The van der Waals surface area contributed by atoms with Gasteiger partial charge in [0.05, 0.1) is 6.61 Å². The smallest absolute Gasteiger partial charge is 0.256 e. The number of fused-ring (bicyclic) bond motifs is 1. The number of amides is 1. The maximum absolute atomic E-state index is 12.6. The normalized spacial score (nSPS) is 11.5. The maximum atomic E-state index is 12.6. The van der Waals surface area contributed by atoms with E-state index in [4.69, 9.17) is 9.47 Å². The Balaban J connectivity index is 2.24. The zero-order valence-electron chi connectivity index (χ0n) is 15.7. The van der Waals surface area contributed by atoms with Gasteiger partial charge in [-0.05, 0) is 38.8 Å². The molecule has 0 saturated heterocycles. The van der Waals surface area contributed by atoms with Crippen molar-refractivity contribution in [3.63, 3.8) is 0 Å². The standard InChI is InChI=1S/C21H29NO3/c1-5-7-15-24-19-13-12-18(16-10-8-9-11-17(16)19)22-20(23)21(3,4)25-14-6-2/h8-13H,5-7,14-15H2,1-4H3,(H,22,23). The molecule has 0 aromatic heterocycles. The molecular weight excluding hydrogens is 314 g/mol. The highest BCUT2D eigenvalue weighted by atomic mass is 16.5. The van der Waals surface area contributed by atoms with Crippen molar-refractivity contribution in [1.82, 2.24) is 0 Å². The predicted molar refractivity (Wildman–Crippen MR) is 103 cm³/mol. The molecule has 0 radical (unpaired) electrons. The molecule has 2 rings (SSSR count). The van der Waals surface area contributed by atoms with Gasteiger partial charge in [-0.3, -0.25) is 4.79 Å². The van der Waals surface area contributed by atoms with Crippen molar-refractivity contribution in [2.24, 2.45) is 0 Å². The fourth-order valence-electron chi connectivity index (χ4n) is 2.53. The summed E-state index contributed by atoms with van der Waals surface area (Å²) in [5.41, 5.74) is -0.0930. The van der Waals surface area contributed by atoms with Gasteiger partial charge >= 0.3 is 0 Å². The van der Waals surface area contributed by atoms with E-state index in [0.717, 1.165) is 41.5 Å². The molecule has 1 N–H and O–H groups in total. The monoisotopic (exact) mass is 343 g/mol. The Morgan fingerprint density at radius 1 is 1.00 bits per heavy atom. The molecule has 0 aliphatic rings. The summed E-state index contributed by atoms with van der Waals surface area (Å²) in [6.45, 7) is 9.02. The van der Waals surface area contributed by atoms with E-state index in [0.29, 0.717) is 13.2 Å². The van der Waals surface area contributed by atoms with Crippen molar-refractivity contribution < 1.29 is 14.3 Å². The Kier molecular flexibility index (Phi) is 6.82. The Labute approximate surface area is 150 Å². The number of hydrogen-bond donors (Lipinski definition) is 1. The average Bonchev–Trinajstić information content (AvgIpc) is 2.61. The van der Waals surface area contributed by atoms with Crippen LogP contribution < -0.4 is 10.1 Å². The van der Waals surface area contributed by atoms with Crippen LogP contribution in [0.1, 0.15) is 47.0 Å². The fourth-order valence-corrected chi connectivity index (χ4v) is 2.53. The summed E-state index contributed by atoms with van der Waals surface area (Å²) in [7, 11) is 0. The number of nitrogens with one attached hydrogen (secondary N) is 1. The molecule has 0 aliphatic heterocycles. The summed E-state index contributed by atoms with van der Waals surface area (Å²) in [5.74, 6) is 0.703. The Bertz CT molecular complexity index is 709. The lowest BCUT2D eigenvalue weighted by molar-refractivity contribution is -0.137. The molecule has 0 atom stereocenters. The van der Waals surface area contributed by atoms with Gasteiger partial charge in [0, 0.05) is 23.1 Å². The molecule has 25 heavy (non-hydrogen) atoms. The van der Waals surface area contributed by atoms with E-state index in [2.05, 4.69) is 12.2 Å². The molecule has 0 spiro atoms. The van der Waals surface area contributed by atoms with E-state index in [1.54, 1.807) is 13.8 Å². The number of carbonyl (C=O) groups excluding carboxylic acids is 1. The Hall–Kier alpha value is -2.07. The molecule has 136 valence electrons. The zero-order chi connectivity index (χ0) is 18.3. The summed E-state index contributed by atoms with van der Waals surface area (Å²) >= 11 is 0. The van der Waals surface area contributed by atoms with Crippen LogP contribution in [0, 0.1) is 0 Å². The van der Waals surface area contributed by atoms with Crippen LogP contribution in [0.15, 0.2) is 36.4 Å². The van der Waals surface area contributed by atoms with Gasteiger partial charge in [-0.15, -0.1) is 0 Å². The first-order valence-corrected chi connectivity index (χ1v) is 9.09. The van der Waals surface area contributed by atoms with Crippen LogP contribution in [0.3, 0.4) is 0 Å². The minimum atomic E-state index is -0.868. The summed E-state index contributed by atoms with van der Waals surface area (Å²) in [4.78, 5) is 12.6. The molecule has 0 bridgehead atoms. The van der Waals surface area contributed by atoms with Gasteiger partial charge in [-0.2, -0.15) is 0 Å². The Morgan fingerprint density at radius 2 is 1.72 bits per heavy atom. The second kappa shape index (κ2) is 8.86. The number of rotatable bonds is 9. The second-order valence-corrected chi connectivity index (χ2v) is 6.67. The van der Waals surface area contributed by atoms with Crippen molar-refractivity contribution in [3.05, 3.63) is 36.4 Å². The highest BCUT2D eigenvalue weighted by molar-refractivity contribution is 6.06. The van der Waals surface area contributed by atoms with Crippen molar-refractivity contribution in [2.45, 2.75) is 52.6 Å². The number of anilines is 1. The molecule has 4 heteroatoms. The summed E-state index contributed by atoms with van der Waals surface area (Å²) in [6, 6.07) is 11.8. The number of unbranched alkanes of at least 4 members (excludes halogenated alkanes) is 1. The van der Waals surface area contributed by atoms with Crippen LogP contribution in [0.5, 0.6) is 5.75 Å². The third-order valence-corrected chi connectivity index (χ3v) is 4.10. The third-order valence-electron chi connectivity index (χ3n) is 4.10. The first-order chi connectivity index (χ1) is 12.0. The Morgan fingerprint density at radius 3 is 2.40 bits per heavy atom. The van der Waals surface area contributed by atoms with Crippen LogP contribution in [-0.4, -0.2) is 24.7 Å². The van der Waals surface area contributed by atoms with Crippen molar-refractivity contribution in [2.75, 3.05) is 18.5 Å². The quantitative estimate of drug-likeness (QED) is 0.640. The van der Waals surface area contributed by atoms with E-state index in [9.17, 15) is 4.79 Å². The van der Waals surface area contributed by atoms with E-state index in [1.165, 1.54) is 0 Å². The van der Waals surface area contributed by atoms with Crippen LogP contribution in [-0.2, 0) is 9.53 Å². The second-order valence-electron chi connectivity index (χ2n) is 6.67. The highest BCUT2D eigenvalue weighted by Crippen LogP contribution is 2.32. The first kappa shape index (κ1) is 19.3. The van der Waals surface area contributed by atoms with Crippen molar-refractivity contribution in [3.8, 4) is 5.75 Å². The largest absolute Gasteiger partial charge is 0.493 e. The first-order valence-electron chi connectivity index (χ1n) is 9.09. The van der Waals surface area contributed by atoms with Crippen LogP contribution in [0.2, 0.25) is 0 Å². The van der Waals surface area contributed by atoms with Crippen LogP contribution in [0.25, 0.3) is 10.8 Å². The van der Waals surface area contributed by atoms with Gasteiger partial charge in [-0.25, -0.2) is 0 Å². The van der Waals surface area contributed by atoms with Gasteiger partial charge in [0.15, 0.2) is 0 Å². The number of ether oxygens (including phenoxy) is 2. The molecule has 0 saturated carbocycles. The van der Waals surface area contributed by atoms with Gasteiger partial charge in [0.25, 0.3) is 5.91 Å². The van der Waals surface area contributed by atoms with E-state index in [1.807, 2.05) is 43.3 Å². The third kappa shape index (κ3) is 4.95. The molecule has 0 heterocycles. The van der Waals surface area contributed by atoms with Crippen molar-refractivity contribution >= 4 is 22.4 Å². The SMILES string of the molecule is CCCCOc1ccc(NC(=O)C(C)(C)OCCC)c2ccccc12. The lowest BCUT2D eigenvalue weighted by Crippen LogP contribution is -2.40. The molecule has 2 aromatic carbocycles. The van der Waals surface area contributed by atoms with Crippen LogP contribution >= 0.6 is 0 Å². The summed E-state index contributed by atoms with van der Waals surface area (Å²) in [5, 5.41) is 4.98. The minimum Gasteiger partial charge on any atom is -0.493 e. The van der Waals surface area contributed by atoms with Gasteiger partial charge in [0.1, 0.15) is 11.4 Å². The van der Waals surface area contributed by atoms with Gasteiger partial charge in [-0.1, -0.05) is 44.5 Å². The topological polar surface area (TPSA) is 47.6 Å². The zero-order valence-corrected chi connectivity index (χ0v) is 15.7. The van der Waals surface area contributed by atoms with E-state index >= 15 is 0 Å². The average molecular weight is 343 g/mol. The molecular formula is C21H29NO3. The molecule has 0 unspecified atom stereocenters. The van der Waals surface area contributed by atoms with Gasteiger partial charge < -0.3 is 14.8 Å². The molecule has 0 aliphatic carbocycles. The van der Waals surface area contributed by atoms with Crippen LogP contribution in [0.4, 0.5) is 5.69 Å². The molecule has 2 aromatic rings. The molecule has 0 fully saturated rings. The molecule has 4 nitrogen and oxygen atoms in total. The summed E-state index contributed by atoms with van der Waals surface area (Å²) < 4.78 is 11.6. The number of carbonyl (C=O) groups is 1. The lowest BCUT2D eigenvalue weighted by atomic mass is 10.1. The van der Waals surface area contributed by atoms with E-state index < -0.39 is 5.60 Å². The predicted octanol–water partition coefficient (Wildman–Crippen LogP) is 5.16. The molecule has 1 amide bonds. The van der Waals surface area contributed by atoms with E-state index in [-0.39, 0.29) is 5.91 Å². The number of benzene rings is 2. The van der Waals surface area contributed by atoms with Crippen molar-refractivity contribution in [1.29, 1.82) is 0 Å². The lowest BCUT2D eigenvalue weighted by Gasteiger charge is -2.24. The summed E-state index contributed by atoms with van der Waals surface area (Å²) in [6.07, 6.45) is 3.00. The van der Waals surface area contributed by atoms with Gasteiger partial charge in [0.2, 0.25) is 0 Å². The maximum Gasteiger partial charge on any atom is 0.256 e.